The van der Waals surface area contributed by atoms with Gasteiger partial charge in [-0.2, -0.15) is 0 Å². The van der Waals surface area contributed by atoms with E-state index >= 15 is 0 Å². The first-order chi connectivity index (χ1) is 10.2. The smallest absolute Gasteiger partial charge is 0.230 e. The number of benzene rings is 2. The van der Waals surface area contributed by atoms with Crippen LogP contribution < -0.4 is 9.64 Å². The molecule has 1 amide bonds. The Kier molecular flexibility index (Phi) is 5.32. The van der Waals surface area contributed by atoms with E-state index < -0.39 is 0 Å². The first-order valence-electron chi connectivity index (χ1n) is 6.94. The van der Waals surface area contributed by atoms with Crippen molar-refractivity contribution in [1.82, 2.24) is 0 Å². The number of halogens is 1. The Labute approximate surface area is 124 Å². The lowest BCUT2D eigenvalue weighted by Gasteiger charge is -2.21. The summed E-state index contributed by atoms with van der Waals surface area (Å²) in [5, 5.41) is 0. The minimum absolute atomic E-state index is 0.0416. The third-order valence-corrected chi connectivity index (χ3v) is 3.08. The lowest BCUT2D eigenvalue weighted by atomic mass is 10.2. The molecule has 0 saturated carbocycles. The molecule has 21 heavy (non-hydrogen) atoms. The number of hydrogen-bond acceptors (Lipinski definition) is 2. The molecule has 2 rings (SSSR count). The minimum Gasteiger partial charge on any atom is -0.493 e. The highest BCUT2D eigenvalue weighted by Crippen LogP contribution is 2.16. The first-order valence-corrected chi connectivity index (χ1v) is 6.94. The third kappa shape index (κ3) is 4.31. The van der Waals surface area contributed by atoms with Gasteiger partial charge in [0.1, 0.15) is 11.6 Å². The average molecular weight is 287 g/mol. The zero-order valence-corrected chi connectivity index (χ0v) is 12.0. The highest BCUT2D eigenvalue weighted by Gasteiger charge is 2.13. The standard InChI is InChI=1S/C17H18FNO2/c1-2-19(15-10-8-14(18)9-11-15)17(20)12-13-21-16-6-4-3-5-7-16/h3-11H,2,12-13H2,1H3. The van der Waals surface area contributed by atoms with Crippen molar-refractivity contribution in [3.63, 3.8) is 0 Å². The second-order valence-electron chi connectivity index (χ2n) is 4.53. The van der Waals surface area contributed by atoms with E-state index in [2.05, 4.69) is 0 Å². The summed E-state index contributed by atoms with van der Waals surface area (Å²) in [6, 6.07) is 15.3. The Morgan fingerprint density at radius 1 is 1.10 bits per heavy atom. The molecule has 0 aliphatic rings. The molecule has 0 aliphatic heterocycles. The van der Waals surface area contributed by atoms with Gasteiger partial charge in [0.25, 0.3) is 0 Å². The average Bonchev–Trinajstić information content (AvgIpc) is 2.51. The summed E-state index contributed by atoms with van der Waals surface area (Å²) >= 11 is 0. The highest BCUT2D eigenvalue weighted by molar-refractivity contribution is 5.93. The van der Waals surface area contributed by atoms with Crippen molar-refractivity contribution in [2.75, 3.05) is 18.1 Å². The molecular formula is C17H18FNO2. The quantitative estimate of drug-likeness (QED) is 0.811. The molecule has 2 aromatic rings. The summed E-state index contributed by atoms with van der Waals surface area (Å²) in [6.07, 6.45) is 0.278. The number of amides is 1. The normalized spacial score (nSPS) is 10.2. The predicted octanol–water partition coefficient (Wildman–Crippen LogP) is 3.65. The fraction of sp³-hybridized carbons (Fsp3) is 0.235. The fourth-order valence-corrected chi connectivity index (χ4v) is 2.03. The van der Waals surface area contributed by atoms with E-state index in [0.29, 0.717) is 18.8 Å². The number of nitrogens with zero attached hydrogens (tertiary/aromatic N) is 1. The summed E-state index contributed by atoms with van der Waals surface area (Å²) in [6.45, 7) is 2.75. The van der Waals surface area contributed by atoms with Crippen LogP contribution in [0.25, 0.3) is 0 Å². The van der Waals surface area contributed by atoms with Gasteiger partial charge in [-0.05, 0) is 43.3 Å². The fourth-order valence-electron chi connectivity index (χ4n) is 2.03. The molecule has 0 bridgehead atoms. The van der Waals surface area contributed by atoms with Gasteiger partial charge in [-0.1, -0.05) is 18.2 Å². The van der Waals surface area contributed by atoms with Crippen LogP contribution in [0.15, 0.2) is 54.6 Å². The summed E-state index contributed by atoms with van der Waals surface area (Å²) in [5.41, 5.74) is 0.698. The Morgan fingerprint density at radius 2 is 1.76 bits per heavy atom. The maximum atomic E-state index is 12.9. The van der Waals surface area contributed by atoms with Crippen LogP contribution in [0.5, 0.6) is 5.75 Å². The molecule has 0 saturated heterocycles. The van der Waals surface area contributed by atoms with Gasteiger partial charge in [-0.3, -0.25) is 4.79 Å². The molecule has 0 atom stereocenters. The van der Waals surface area contributed by atoms with E-state index in [0.717, 1.165) is 5.75 Å². The topological polar surface area (TPSA) is 29.5 Å². The summed E-state index contributed by atoms with van der Waals surface area (Å²) in [7, 11) is 0. The summed E-state index contributed by atoms with van der Waals surface area (Å²) in [4.78, 5) is 13.8. The molecule has 3 nitrogen and oxygen atoms in total. The molecule has 0 aliphatic carbocycles. The second-order valence-corrected chi connectivity index (χ2v) is 4.53. The highest BCUT2D eigenvalue weighted by atomic mass is 19.1. The molecule has 0 aromatic heterocycles. The number of carbonyl (C=O) groups excluding carboxylic acids is 1. The minimum atomic E-state index is -0.310. The Morgan fingerprint density at radius 3 is 2.38 bits per heavy atom. The predicted molar refractivity (Wildman–Crippen MR) is 81.0 cm³/mol. The molecule has 0 heterocycles. The van der Waals surface area contributed by atoms with Crippen molar-refractivity contribution in [1.29, 1.82) is 0 Å². The van der Waals surface area contributed by atoms with E-state index in [9.17, 15) is 9.18 Å². The molecule has 0 spiro atoms. The van der Waals surface area contributed by atoms with Gasteiger partial charge in [-0.25, -0.2) is 4.39 Å². The molecule has 0 unspecified atom stereocenters. The van der Waals surface area contributed by atoms with Gasteiger partial charge < -0.3 is 9.64 Å². The Hall–Kier alpha value is -2.36. The van der Waals surface area contributed by atoms with Gasteiger partial charge in [0.2, 0.25) is 5.91 Å². The first kappa shape index (κ1) is 15.0. The van der Waals surface area contributed by atoms with Gasteiger partial charge in [0, 0.05) is 12.2 Å². The zero-order chi connectivity index (χ0) is 15.1. The van der Waals surface area contributed by atoms with E-state index in [1.54, 1.807) is 17.0 Å². The number of carbonyl (C=O) groups is 1. The Balaban J connectivity index is 1.90. The second kappa shape index (κ2) is 7.43. The molecule has 110 valence electrons. The molecule has 0 N–H and O–H groups in total. The molecular weight excluding hydrogens is 269 g/mol. The lowest BCUT2D eigenvalue weighted by Crippen LogP contribution is -2.31. The van der Waals surface area contributed by atoms with Crippen LogP contribution in [0.3, 0.4) is 0 Å². The number of rotatable bonds is 6. The van der Waals surface area contributed by atoms with Crippen LogP contribution >= 0.6 is 0 Å². The van der Waals surface area contributed by atoms with Gasteiger partial charge >= 0.3 is 0 Å². The maximum absolute atomic E-state index is 12.9. The zero-order valence-electron chi connectivity index (χ0n) is 12.0. The van der Waals surface area contributed by atoms with Crippen molar-refractivity contribution in [2.45, 2.75) is 13.3 Å². The largest absolute Gasteiger partial charge is 0.493 e. The molecule has 2 aromatic carbocycles. The Bertz CT molecular complexity index is 569. The van der Waals surface area contributed by atoms with Crippen LogP contribution in [-0.4, -0.2) is 19.1 Å². The van der Waals surface area contributed by atoms with Crippen LogP contribution in [0.4, 0.5) is 10.1 Å². The monoisotopic (exact) mass is 287 g/mol. The van der Waals surface area contributed by atoms with Crippen molar-refractivity contribution >= 4 is 11.6 Å². The van der Waals surface area contributed by atoms with Crippen molar-refractivity contribution in [2.24, 2.45) is 0 Å². The summed E-state index contributed by atoms with van der Waals surface area (Å²) < 4.78 is 18.4. The maximum Gasteiger partial charge on any atom is 0.230 e. The number of para-hydroxylation sites is 1. The van der Waals surface area contributed by atoms with Crippen LogP contribution in [0.1, 0.15) is 13.3 Å². The molecule has 0 radical (unpaired) electrons. The third-order valence-electron chi connectivity index (χ3n) is 3.08. The molecule has 4 heteroatoms. The van der Waals surface area contributed by atoms with Crippen LogP contribution in [0, 0.1) is 5.82 Å². The van der Waals surface area contributed by atoms with Gasteiger partial charge in [-0.15, -0.1) is 0 Å². The van der Waals surface area contributed by atoms with E-state index in [-0.39, 0.29) is 18.1 Å². The lowest BCUT2D eigenvalue weighted by molar-refractivity contribution is -0.119. The SMILES string of the molecule is CCN(C(=O)CCOc1ccccc1)c1ccc(F)cc1. The van der Waals surface area contributed by atoms with Gasteiger partial charge in [0.05, 0.1) is 13.0 Å². The number of anilines is 1. The van der Waals surface area contributed by atoms with E-state index in [1.165, 1.54) is 12.1 Å². The van der Waals surface area contributed by atoms with Crippen molar-refractivity contribution < 1.29 is 13.9 Å². The summed E-state index contributed by atoms with van der Waals surface area (Å²) in [5.74, 6) is 0.393. The van der Waals surface area contributed by atoms with Crippen molar-refractivity contribution in [3.8, 4) is 5.75 Å². The molecule has 0 fully saturated rings. The van der Waals surface area contributed by atoms with Crippen LogP contribution in [0.2, 0.25) is 0 Å². The van der Waals surface area contributed by atoms with E-state index in [4.69, 9.17) is 4.74 Å². The van der Waals surface area contributed by atoms with Crippen LogP contribution in [-0.2, 0) is 4.79 Å². The van der Waals surface area contributed by atoms with Gasteiger partial charge in [0.15, 0.2) is 0 Å². The number of hydrogen-bond donors (Lipinski definition) is 0. The van der Waals surface area contributed by atoms with Crippen molar-refractivity contribution in [3.05, 3.63) is 60.4 Å². The number of ether oxygens (including phenoxy) is 1. The van der Waals surface area contributed by atoms with E-state index in [1.807, 2.05) is 37.3 Å².